The Hall–Kier alpha value is -2.39. The highest BCUT2D eigenvalue weighted by atomic mass is 16.5. The first kappa shape index (κ1) is 16.7. The van der Waals surface area contributed by atoms with E-state index in [1.54, 1.807) is 19.9 Å². The molecule has 0 aliphatic rings. The fourth-order valence-corrected chi connectivity index (χ4v) is 1.64. The largest absolute Gasteiger partial charge is 0.465 e. The number of esters is 1. The van der Waals surface area contributed by atoms with Gasteiger partial charge in [0.05, 0.1) is 12.2 Å². The van der Waals surface area contributed by atoms with Gasteiger partial charge in [0.1, 0.15) is 13.2 Å². The van der Waals surface area contributed by atoms with Crippen LogP contribution in [0.4, 0.5) is 0 Å². The molecule has 21 heavy (non-hydrogen) atoms. The lowest BCUT2D eigenvalue weighted by atomic mass is 10.2. The number of hydrogen-bond donors (Lipinski definition) is 1. The molecular formula is C15H18N2O4. The van der Waals surface area contributed by atoms with Crippen LogP contribution in [0, 0.1) is 11.8 Å². The molecule has 0 aliphatic carbocycles. The van der Waals surface area contributed by atoms with Crippen molar-refractivity contribution in [3.05, 3.63) is 29.6 Å². The van der Waals surface area contributed by atoms with Gasteiger partial charge in [0.15, 0.2) is 0 Å². The second-order valence-corrected chi connectivity index (χ2v) is 4.05. The van der Waals surface area contributed by atoms with Crippen molar-refractivity contribution in [1.29, 1.82) is 0 Å². The van der Waals surface area contributed by atoms with Crippen molar-refractivity contribution in [3.63, 3.8) is 0 Å². The molecule has 0 atom stereocenters. The van der Waals surface area contributed by atoms with Gasteiger partial charge >= 0.3 is 5.97 Å². The summed E-state index contributed by atoms with van der Waals surface area (Å²) in [4.78, 5) is 29.1. The average Bonchev–Trinajstić information content (AvgIpc) is 2.50. The molecule has 0 bridgehead atoms. The maximum absolute atomic E-state index is 12.3. The van der Waals surface area contributed by atoms with Crippen LogP contribution in [0.5, 0.6) is 0 Å². The van der Waals surface area contributed by atoms with Crippen LogP contribution in [0.1, 0.15) is 29.8 Å². The van der Waals surface area contributed by atoms with E-state index in [2.05, 4.69) is 16.8 Å². The van der Waals surface area contributed by atoms with Gasteiger partial charge in [-0.3, -0.25) is 14.6 Å². The summed E-state index contributed by atoms with van der Waals surface area (Å²) in [6, 6.07) is 1.58. The normalized spacial score (nSPS) is 9.48. The average molecular weight is 290 g/mol. The smallest absolute Gasteiger partial charge is 0.325 e. The lowest BCUT2D eigenvalue weighted by Crippen LogP contribution is -2.36. The molecule has 0 saturated heterocycles. The minimum absolute atomic E-state index is 0.101. The van der Waals surface area contributed by atoms with Gasteiger partial charge in [-0.25, -0.2) is 0 Å². The van der Waals surface area contributed by atoms with Crippen LogP contribution >= 0.6 is 0 Å². The molecule has 0 spiro atoms. The van der Waals surface area contributed by atoms with E-state index in [1.807, 2.05) is 0 Å². The Morgan fingerprint density at radius 3 is 2.76 bits per heavy atom. The van der Waals surface area contributed by atoms with Gasteiger partial charge < -0.3 is 14.7 Å². The summed E-state index contributed by atoms with van der Waals surface area (Å²) < 4.78 is 4.84. The second-order valence-electron chi connectivity index (χ2n) is 4.05. The fourth-order valence-electron chi connectivity index (χ4n) is 1.64. The summed E-state index contributed by atoms with van der Waals surface area (Å²) in [6.45, 7) is 3.78. The molecule has 0 aliphatic heterocycles. The highest BCUT2D eigenvalue weighted by molar-refractivity contribution is 5.96. The SMILES string of the molecule is CCOC(=O)CN(CC)C(=O)c1cncc(C#CCO)c1. The molecule has 6 nitrogen and oxygen atoms in total. The summed E-state index contributed by atoms with van der Waals surface area (Å²) in [5.74, 6) is 4.41. The highest BCUT2D eigenvalue weighted by Crippen LogP contribution is 2.06. The van der Waals surface area contributed by atoms with Crippen LogP contribution in [0.3, 0.4) is 0 Å². The predicted octanol–water partition coefficient (Wildman–Crippen LogP) is 0.451. The summed E-state index contributed by atoms with van der Waals surface area (Å²) in [5, 5.41) is 8.66. The quantitative estimate of drug-likeness (QED) is 0.629. The lowest BCUT2D eigenvalue weighted by molar-refractivity contribution is -0.143. The van der Waals surface area contributed by atoms with Crippen LogP contribution in [0.15, 0.2) is 18.5 Å². The number of aliphatic hydroxyl groups excluding tert-OH is 1. The van der Waals surface area contributed by atoms with E-state index in [-0.39, 0.29) is 25.7 Å². The zero-order valence-electron chi connectivity index (χ0n) is 12.1. The Morgan fingerprint density at radius 2 is 2.14 bits per heavy atom. The zero-order chi connectivity index (χ0) is 15.7. The number of aromatic nitrogens is 1. The lowest BCUT2D eigenvalue weighted by Gasteiger charge is -2.19. The molecular weight excluding hydrogens is 272 g/mol. The van der Waals surface area contributed by atoms with Gasteiger partial charge in [0.25, 0.3) is 5.91 Å². The third kappa shape index (κ3) is 5.24. The van der Waals surface area contributed by atoms with Gasteiger partial charge in [-0.05, 0) is 19.9 Å². The number of pyridine rings is 1. The standard InChI is InChI=1S/C15H18N2O4/c1-3-17(11-14(19)21-4-2)15(20)13-8-12(6-5-7-18)9-16-10-13/h8-10,18H,3-4,7,11H2,1-2H3. The zero-order valence-corrected chi connectivity index (χ0v) is 12.1. The van der Waals surface area contributed by atoms with Gasteiger partial charge in [-0.1, -0.05) is 11.8 Å². The van der Waals surface area contributed by atoms with Crippen molar-refractivity contribution in [1.82, 2.24) is 9.88 Å². The maximum Gasteiger partial charge on any atom is 0.325 e. The highest BCUT2D eigenvalue weighted by Gasteiger charge is 2.18. The van der Waals surface area contributed by atoms with E-state index < -0.39 is 5.97 Å². The molecule has 1 N–H and O–H groups in total. The minimum Gasteiger partial charge on any atom is -0.465 e. The number of aliphatic hydroxyl groups is 1. The first-order chi connectivity index (χ1) is 10.1. The molecule has 1 rings (SSSR count). The molecule has 0 aromatic carbocycles. The van der Waals surface area contributed by atoms with Crippen LogP contribution < -0.4 is 0 Å². The van der Waals surface area contributed by atoms with Crippen LogP contribution in [0.2, 0.25) is 0 Å². The maximum atomic E-state index is 12.3. The van der Waals surface area contributed by atoms with Gasteiger partial charge in [0, 0.05) is 24.5 Å². The van der Waals surface area contributed by atoms with E-state index in [0.29, 0.717) is 17.7 Å². The Bertz CT molecular complexity index is 560. The number of amides is 1. The molecule has 1 aromatic heterocycles. The van der Waals surface area contributed by atoms with Crippen molar-refractivity contribution >= 4 is 11.9 Å². The van der Waals surface area contributed by atoms with Crippen LogP contribution in [0.25, 0.3) is 0 Å². The number of likely N-dealkylation sites (N-methyl/N-ethyl adjacent to an activating group) is 1. The molecule has 112 valence electrons. The molecule has 6 heteroatoms. The van der Waals surface area contributed by atoms with Crippen molar-refractivity contribution < 1.29 is 19.4 Å². The van der Waals surface area contributed by atoms with Crippen molar-refractivity contribution in [3.8, 4) is 11.8 Å². The van der Waals surface area contributed by atoms with E-state index in [0.717, 1.165) is 0 Å². The molecule has 0 radical (unpaired) electrons. The van der Waals surface area contributed by atoms with Crippen molar-refractivity contribution in [2.75, 3.05) is 26.3 Å². The Morgan fingerprint density at radius 1 is 1.38 bits per heavy atom. The number of rotatable bonds is 5. The van der Waals surface area contributed by atoms with E-state index in [9.17, 15) is 9.59 Å². The molecule has 0 fully saturated rings. The van der Waals surface area contributed by atoms with E-state index in [1.165, 1.54) is 17.3 Å². The fraction of sp³-hybridized carbons (Fsp3) is 0.400. The number of hydrogen-bond acceptors (Lipinski definition) is 5. The third-order valence-electron chi connectivity index (χ3n) is 2.59. The second kappa shape index (κ2) is 8.72. The van der Waals surface area contributed by atoms with Crippen molar-refractivity contribution in [2.24, 2.45) is 0 Å². The van der Waals surface area contributed by atoms with Crippen LogP contribution in [-0.2, 0) is 9.53 Å². The summed E-state index contributed by atoms with van der Waals surface area (Å²) in [7, 11) is 0. The van der Waals surface area contributed by atoms with Crippen LogP contribution in [-0.4, -0.2) is 53.2 Å². The number of ether oxygens (including phenoxy) is 1. The molecule has 1 aromatic rings. The summed E-state index contributed by atoms with van der Waals surface area (Å²) in [6.07, 6.45) is 2.92. The first-order valence-corrected chi connectivity index (χ1v) is 6.62. The number of carbonyl (C=O) groups is 2. The van der Waals surface area contributed by atoms with Crippen molar-refractivity contribution in [2.45, 2.75) is 13.8 Å². The topological polar surface area (TPSA) is 79.7 Å². The minimum atomic E-state index is -0.447. The number of carbonyl (C=O) groups excluding carboxylic acids is 2. The molecule has 1 amide bonds. The Labute approximate surface area is 123 Å². The monoisotopic (exact) mass is 290 g/mol. The Balaban J connectivity index is 2.87. The number of nitrogens with zero attached hydrogens (tertiary/aromatic N) is 2. The van der Waals surface area contributed by atoms with Gasteiger partial charge in [0.2, 0.25) is 0 Å². The summed E-state index contributed by atoms with van der Waals surface area (Å²) >= 11 is 0. The third-order valence-corrected chi connectivity index (χ3v) is 2.59. The predicted molar refractivity (Wildman–Crippen MR) is 76.4 cm³/mol. The van der Waals surface area contributed by atoms with E-state index in [4.69, 9.17) is 9.84 Å². The summed E-state index contributed by atoms with van der Waals surface area (Å²) in [5.41, 5.74) is 0.868. The Kier molecular flexibility index (Phi) is 6.92. The molecule has 0 unspecified atom stereocenters. The molecule has 0 saturated carbocycles. The van der Waals surface area contributed by atoms with Gasteiger partial charge in [-0.2, -0.15) is 0 Å². The van der Waals surface area contributed by atoms with E-state index >= 15 is 0 Å². The molecule has 1 heterocycles. The van der Waals surface area contributed by atoms with Gasteiger partial charge in [-0.15, -0.1) is 0 Å². The first-order valence-electron chi connectivity index (χ1n) is 6.62.